The Labute approximate surface area is 159 Å². The van der Waals surface area contributed by atoms with E-state index in [-0.39, 0.29) is 24.0 Å². The third-order valence-electron chi connectivity index (χ3n) is 3.47. The second kappa shape index (κ2) is 9.82. The summed E-state index contributed by atoms with van der Waals surface area (Å²) in [7, 11) is 3.72. The number of guanidine groups is 1. The smallest absolute Gasteiger partial charge is 0.191 e. The van der Waals surface area contributed by atoms with Crippen LogP contribution in [0, 0.1) is 6.92 Å². The SMILES string of the molecule is CN=C(NCc1ccc(C)cc1SC)NCc1ccnn1C.I. The molecule has 0 amide bonds. The minimum atomic E-state index is 0. The van der Waals surface area contributed by atoms with Gasteiger partial charge in [-0.15, -0.1) is 35.7 Å². The van der Waals surface area contributed by atoms with Crippen molar-refractivity contribution in [2.75, 3.05) is 13.3 Å². The molecule has 0 fully saturated rings. The van der Waals surface area contributed by atoms with Crippen LogP contribution >= 0.6 is 35.7 Å². The van der Waals surface area contributed by atoms with E-state index in [1.807, 2.05) is 17.8 Å². The maximum atomic E-state index is 4.26. The zero-order valence-electron chi connectivity index (χ0n) is 14.0. The first kappa shape index (κ1) is 19.8. The van der Waals surface area contributed by atoms with Crippen molar-refractivity contribution in [1.82, 2.24) is 20.4 Å². The lowest BCUT2D eigenvalue weighted by Crippen LogP contribution is -2.36. The van der Waals surface area contributed by atoms with Gasteiger partial charge in [0.25, 0.3) is 0 Å². The summed E-state index contributed by atoms with van der Waals surface area (Å²) in [4.78, 5) is 5.56. The predicted octanol–water partition coefficient (Wildman–Crippen LogP) is 2.93. The minimum absolute atomic E-state index is 0. The molecule has 0 bridgehead atoms. The highest BCUT2D eigenvalue weighted by atomic mass is 127. The summed E-state index contributed by atoms with van der Waals surface area (Å²) < 4.78 is 1.85. The summed E-state index contributed by atoms with van der Waals surface area (Å²) in [6.07, 6.45) is 3.90. The summed E-state index contributed by atoms with van der Waals surface area (Å²) in [5.74, 6) is 0.786. The van der Waals surface area contributed by atoms with Gasteiger partial charge in [0, 0.05) is 31.7 Å². The average molecular weight is 445 g/mol. The first-order chi connectivity index (χ1) is 10.6. The number of halogens is 1. The number of thioether (sulfide) groups is 1. The predicted molar refractivity (Wildman–Crippen MR) is 109 cm³/mol. The molecule has 0 atom stereocenters. The first-order valence-electron chi connectivity index (χ1n) is 7.19. The topological polar surface area (TPSA) is 54.2 Å². The zero-order valence-corrected chi connectivity index (χ0v) is 17.1. The van der Waals surface area contributed by atoms with Crippen molar-refractivity contribution in [2.24, 2.45) is 12.0 Å². The lowest BCUT2D eigenvalue weighted by atomic mass is 10.1. The van der Waals surface area contributed by atoms with E-state index in [1.54, 1.807) is 25.0 Å². The summed E-state index contributed by atoms with van der Waals surface area (Å²) >= 11 is 1.77. The van der Waals surface area contributed by atoms with Gasteiger partial charge in [-0.3, -0.25) is 9.67 Å². The summed E-state index contributed by atoms with van der Waals surface area (Å²) in [6, 6.07) is 8.52. The molecule has 0 spiro atoms. The molecule has 5 nitrogen and oxygen atoms in total. The molecule has 0 aliphatic rings. The summed E-state index contributed by atoms with van der Waals surface area (Å²) in [6.45, 7) is 3.56. The molecule has 1 aromatic heterocycles. The third-order valence-corrected chi connectivity index (χ3v) is 4.29. The van der Waals surface area contributed by atoms with Gasteiger partial charge in [0.05, 0.1) is 12.2 Å². The van der Waals surface area contributed by atoms with E-state index in [0.717, 1.165) is 18.2 Å². The Balaban J connectivity index is 0.00000264. The van der Waals surface area contributed by atoms with Gasteiger partial charge in [-0.25, -0.2) is 0 Å². The van der Waals surface area contributed by atoms with Crippen LogP contribution in [0.1, 0.15) is 16.8 Å². The second-order valence-corrected chi connectivity index (χ2v) is 5.89. The highest BCUT2D eigenvalue weighted by Gasteiger charge is 2.05. The molecule has 0 saturated heterocycles. The molecule has 2 aromatic rings. The quantitative estimate of drug-likeness (QED) is 0.322. The van der Waals surface area contributed by atoms with Crippen LogP contribution in [0.15, 0.2) is 40.4 Å². The van der Waals surface area contributed by atoms with Crippen LogP contribution < -0.4 is 10.6 Å². The molecule has 0 aliphatic heterocycles. The molecule has 2 rings (SSSR count). The molecule has 0 unspecified atom stereocenters. The number of aromatic nitrogens is 2. The van der Waals surface area contributed by atoms with Gasteiger partial charge in [0.1, 0.15) is 0 Å². The van der Waals surface area contributed by atoms with E-state index in [1.165, 1.54) is 16.0 Å². The normalized spacial score (nSPS) is 11.0. The Hall–Kier alpha value is -1.22. The number of aryl methyl sites for hydroxylation is 2. The Kier molecular flexibility index (Phi) is 8.46. The molecule has 1 aromatic carbocycles. The first-order valence-corrected chi connectivity index (χ1v) is 8.41. The Morgan fingerprint density at radius 2 is 2.00 bits per heavy atom. The maximum Gasteiger partial charge on any atom is 0.191 e. The number of benzene rings is 1. The largest absolute Gasteiger partial charge is 0.352 e. The molecule has 126 valence electrons. The Morgan fingerprint density at radius 3 is 2.61 bits per heavy atom. The van der Waals surface area contributed by atoms with Crippen LogP contribution in [-0.2, 0) is 20.1 Å². The second-order valence-electron chi connectivity index (χ2n) is 5.04. The molecule has 7 heteroatoms. The van der Waals surface area contributed by atoms with Crippen LogP contribution in [0.4, 0.5) is 0 Å². The van der Waals surface area contributed by atoms with Gasteiger partial charge >= 0.3 is 0 Å². The molecule has 23 heavy (non-hydrogen) atoms. The maximum absolute atomic E-state index is 4.26. The molecule has 2 N–H and O–H groups in total. The van der Waals surface area contributed by atoms with Crippen molar-refractivity contribution >= 4 is 41.7 Å². The molecule has 0 aliphatic carbocycles. The summed E-state index contributed by atoms with van der Waals surface area (Å²) in [5.41, 5.74) is 3.68. The minimum Gasteiger partial charge on any atom is -0.352 e. The van der Waals surface area contributed by atoms with Crippen LogP contribution in [0.5, 0.6) is 0 Å². The fourth-order valence-electron chi connectivity index (χ4n) is 2.15. The van der Waals surface area contributed by atoms with Crippen LogP contribution in [0.2, 0.25) is 0 Å². The van der Waals surface area contributed by atoms with Gasteiger partial charge in [0.15, 0.2) is 5.96 Å². The zero-order chi connectivity index (χ0) is 15.9. The fourth-order valence-corrected chi connectivity index (χ4v) is 2.85. The van der Waals surface area contributed by atoms with Crippen LogP contribution in [0.3, 0.4) is 0 Å². The van der Waals surface area contributed by atoms with Crippen molar-refractivity contribution < 1.29 is 0 Å². The number of hydrogen-bond donors (Lipinski definition) is 2. The van der Waals surface area contributed by atoms with E-state index in [0.29, 0.717) is 6.54 Å². The highest BCUT2D eigenvalue weighted by Crippen LogP contribution is 2.21. The summed E-state index contributed by atoms with van der Waals surface area (Å²) in [5, 5.41) is 10.8. The van der Waals surface area contributed by atoms with Crippen LogP contribution in [-0.4, -0.2) is 29.0 Å². The lowest BCUT2D eigenvalue weighted by molar-refractivity contribution is 0.684. The highest BCUT2D eigenvalue weighted by molar-refractivity contribution is 14.0. The van der Waals surface area contributed by atoms with Gasteiger partial charge in [-0.1, -0.05) is 12.1 Å². The molecular weight excluding hydrogens is 421 g/mol. The third kappa shape index (κ3) is 5.72. The van der Waals surface area contributed by atoms with Crippen LogP contribution in [0.25, 0.3) is 0 Å². The number of nitrogens with one attached hydrogen (secondary N) is 2. The average Bonchev–Trinajstić information content (AvgIpc) is 2.93. The van der Waals surface area contributed by atoms with Crippen molar-refractivity contribution in [2.45, 2.75) is 24.9 Å². The molecule has 0 radical (unpaired) electrons. The van der Waals surface area contributed by atoms with Crippen molar-refractivity contribution in [1.29, 1.82) is 0 Å². The Morgan fingerprint density at radius 1 is 1.26 bits per heavy atom. The lowest BCUT2D eigenvalue weighted by Gasteiger charge is -2.14. The molecule has 0 saturated carbocycles. The van der Waals surface area contributed by atoms with E-state index < -0.39 is 0 Å². The standard InChI is InChI=1S/C16H23N5S.HI/c1-12-5-6-13(15(9-12)22-4)10-18-16(17-2)19-11-14-7-8-20-21(14)3;/h5-9H,10-11H2,1-4H3,(H2,17,18,19);1H. The van der Waals surface area contributed by atoms with Gasteiger partial charge < -0.3 is 10.6 Å². The monoisotopic (exact) mass is 445 g/mol. The van der Waals surface area contributed by atoms with Crippen molar-refractivity contribution in [3.63, 3.8) is 0 Å². The van der Waals surface area contributed by atoms with E-state index in [2.05, 4.69) is 52.1 Å². The van der Waals surface area contributed by atoms with Gasteiger partial charge in [0.2, 0.25) is 0 Å². The van der Waals surface area contributed by atoms with E-state index in [9.17, 15) is 0 Å². The number of nitrogens with zero attached hydrogens (tertiary/aromatic N) is 3. The number of aliphatic imine (C=N–C) groups is 1. The van der Waals surface area contributed by atoms with E-state index in [4.69, 9.17) is 0 Å². The number of rotatable bonds is 5. The number of hydrogen-bond acceptors (Lipinski definition) is 3. The van der Waals surface area contributed by atoms with Crippen molar-refractivity contribution in [3.05, 3.63) is 47.3 Å². The van der Waals surface area contributed by atoms with E-state index >= 15 is 0 Å². The molecular formula is C16H24IN5S. The van der Waals surface area contributed by atoms with Gasteiger partial charge in [-0.2, -0.15) is 5.10 Å². The Bertz CT molecular complexity index is 654. The fraction of sp³-hybridized carbons (Fsp3) is 0.375. The van der Waals surface area contributed by atoms with Crippen molar-refractivity contribution in [3.8, 4) is 0 Å². The van der Waals surface area contributed by atoms with Gasteiger partial charge in [-0.05, 0) is 36.4 Å². The molecule has 1 heterocycles.